The monoisotopic (exact) mass is 263 g/mol. The van der Waals surface area contributed by atoms with Gasteiger partial charge in [-0.15, -0.1) is 0 Å². The number of rotatable bonds is 3. The zero-order chi connectivity index (χ0) is 13.8. The standard InChI is InChI=1S/C14H21N3O2/c1-10-8-12(2-3-13(10)14(15)16-19)17-6-4-11(9-18)5-7-17/h2-3,8,11,18-19H,4-7,9H2,1H3,(H2,15,16). The molecule has 0 bridgehead atoms. The van der Waals surface area contributed by atoms with E-state index in [1.165, 1.54) is 0 Å². The van der Waals surface area contributed by atoms with Crippen LogP contribution in [0.2, 0.25) is 0 Å². The highest BCUT2D eigenvalue weighted by molar-refractivity contribution is 5.98. The molecule has 0 radical (unpaired) electrons. The van der Waals surface area contributed by atoms with Gasteiger partial charge in [-0.2, -0.15) is 0 Å². The molecular formula is C14H21N3O2. The molecule has 0 unspecified atom stereocenters. The Morgan fingerprint density at radius 1 is 1.42 bits per heavy atom. The largest absolute Gasteiger partial charge is 0.409 e. The Morgan fingerprint density at radius 3 is 2.63 bits per heavy atom. The zero-order valence-corrected chi connectivity index (χ0v) is 11.2. The van der Waals surface area contributed by atoms with Gasteiger partial charge >= 0.3 is 0 Å². The predicted molar refractivity (Wildman–Crippen MR) is 75.7 cm³/mol. The van der Waals surface area contributed by atoms with E-state index in [9.17, 15) is 0 Å². The summed E-state index contributed by atoms with van der Waals surface area (Å²) in [5.74, 6) is 0.580. The van der Waals surface area contributed by atoms with Crippen LogP contribution in [0.1, 0.15) is 24.0 Å². The maximum Gasteiger partial charge on any atom is 0.170 e. The molecule has 1 aliphatic rings. The number of nitrogens with two attached hydrogens (primary N) is 1. The molecule has 19 heavy (non-hydrogen) atoms. The number of amidine groups is 1. The Kier molecular flexibility index (Phi) is 4.27. The molecule has 1 aromatic rings. The maximum atomic E-state index is 9.15. The number of aryl methyl sites for hydroxylation is 1. The van der Waals surface area contributed by atoms with Crippen molar-refractivity contribution in [3.63, 3.8) is 0 Å². The average Bonchev–Trinajstić information content (AvgIpc) is 2.46. The molecule has 2 rings (SSSR count). The topological polar surface area (TPSA) is 82.1 Å². The second kappa shape index (κ2) is 5.93. The second-order valence-corrected chi connectivity index (χ2v) is 5.10. The molecule has 1 aliphatic heterocycles. The van der Waals surface area contributed by atoms with Crippen molar-refractivity contribution in [1.82, 2.24) is 0 Å². The highest BCUT2D eigenvalue weighted by atomic mass is 16.4. The van der Waals surface area contributed by atoms with E-state index >= 15 is 0 Å². The molecule has 1 saturated heterocycles. The summed E-state index contributed by atoms with van der Waals surface area (Å²) < 4.78 is 0. The molecule has 5 heteroatoms. The third kappa shape index (κ3) is 2.98. The molecule has 0 spiro atoms. The van der Waals surface area contributed by atoms with Crippen LogP contribution in [-0.4, -0.2) is 35.8 Å². The van der Waals surface area contributed by atoms with Gasteiger partial charge in [0.25, 0.3) is 0 Å². The van der Waals surface area contributed by atoms with E-state index in [1.54, 1.807) is 0 Å². The minimum atomic E-state index is 0.142. The molecule has 0 saturated carbocycles. The zero-order valence-electron chi connectivity index (χ0n) is 11.2. The van der Waals surface area contributed by atoms with Crippen molar-refractivity contribution < 1.29 is 10.3 Å². The number of piperidine rings is 1. The Morgan fingerprint density at radius 2 is 2.11 bits per heavy atom. The van der Waals surface area contributed by atoms with Crippen molar-refractivity contribution in [2.75, 3.05) is 24.6 Å². The van der Waals surface area contributed by atoms with Crippen LogP contribution in [0.5, 0.6) is 0 Å². The van der Waals surface area contributed by atoms with E-state index in [0.717, 1.165) is 42.7 Å². The minimum absolute atomic E-state index is 0.142. The van der Waals surface area contributed by atoms with Gasteiger partial charge in [-0.05, 0) is 49.4 Å². The Hall–Kier alpha value is -1.75. The number of hydrogen-bond donors (Lipinski definition) is 3. The highest BCUT2D eigenvalue weighted by Crippen LogP contribution is 2.25. The molecule has 0 aliphatic carbocycles. The van der Waals surface area contributed by atoms with Crippen molar-refractivity contribution >= 4 is 11.5 Å². The van der Waals surface area contributed by atoms with Crippen molar-refractivity contribution in [1.29, 1.82) is 0 Å². The first-order valence-electron chi connectivity index (χ1n) is 6.60. The maximum absolute atomic E-state index is 9.15. The normalized spacial score (nSPS) is 17.8. The Balaban J connectivity index is 2.12. The fourth-order valence-corrected chi connectivity index (χ4v) is 2.56. The first kappa shape index (κ1) is 13.7. The summed E-state index contributed by atoms with van der Waals surface area (Å²) in [7, 11) is 0. The van der Waals surface area contributed by atoms with Crippen LogP contribution < -0.4 is 10.6 Å². The number of oxime groups is 1. The van der Waals surface area contributed by atoms with Crippen LogP contribution in [0.3, 0.4) is 0 Å². The summed E-state index contributed by atoms with van der Waals surface area (Å²) in [5, 5.41) is 20.9. The molecule has 4 N–H and O–H groups in total. The SMILES string of the molecule is Cc1cc(N2CCC(CO)CC2)ccc1/C(N)=N/O. The molecule has 0 atom stereocenters. The lowest BCUT2D eigenvalue weighted by molar-refractivity contribution is 0.203. The van der Waals surface area contributed by atoms with Gasteiger partial charge in [-0.25, -0.2) is 0 Å². The van der Waals surface area contributed by atoms with Crippen LogP contribution in [0, 0.1) is 12.8 Å². The first-order chi connectivity index (χ1) is 9.15. The molecule has 1 aromatic carbocycles. The summed E-state index contributed by atoms with van der Waals surface area (Å²) >= 11 is 0. The number of benzene rings is 1. The number of hydrogen-bond acceptors (Lipinski definition) is 4. The molecule has 1 heterocycles. The van der Waals surface area contributed by atoms with Crippen molar-refractivity contribution in [3.05, 3.63) is 29.3 Å². The minimum Gasteiger partial charge on any atom is -0.409 e. The lowest BCUT2D eigenvalue weighted by Gasteiger charge is -2.33. The van der Waals surface area contributed by atoms with Crippen LogP contribution in [-0.2, 0) is 0 Å². The number of aliphatic hydroxyl groups is 1. The van der Waals surface area contributed by atoms with Crippen molar-refractivity contribution in [2.45, 2.75) is 19.8 Å². The van der Waals surface area contributed by atoms with E-state index < -0.39 is 0 Å². The lowest BCUT2D eigenvalue weighted by atomic mass is 9.97. The van der Waals surface area contributed by atoms with Gasteiger partial charge < -0.3 is 20.9 Å². The van der Waals surface area contributed by atoms with Gasteiger partial charge in [0.1, 0.15) is 0 Å². The molecule has 5 nitrogen and oxygen atoms in total. The van der Waals surface area contributed by atoms with Gasteiger partial charge in [-0.1, -0.05) is 5.16 Å². The number of nitrogens with zero attached hydrogens (tertiary/aromatic N) is 2. The fraction of sp³-hybridized carbons (Fsp3) is 0.500. The number of aliphatic hydroxyl groups excluding tert-OH is 1. The molecule has 1 fully saturated rings. The van der Waals surface area contributed by atoms with E-state index in [0.29, 0.717) is 5.92 Å². The molecule has 0 amide bonds. The predicted octanol–water partition coefficient (Wildman–Crippen LogP) is 1.30. The summed E-state index contributed by atoms with van der Waals surface area (Å²) in [6.45, 7) is 4.17. The van der Waals surface area contributed by atoms with Crippen LogP contribution in [0.25, 0.3) is 0 Å². The third-order valence-corrected chi connectivity index (χ3v) is 3.83. The Labute approximate surface area is 113 Å². The molecule has 104 valence electrons. The van der Waals surface area contributed by atoms with Gasteiger partial charge in [-0.3, -0.25) is 0 Å². The van der Waals surface area contributed by atoms with Crippen molar-refractivity contribution in [3.8, 4) is 0 Å². The molecule has 0 aromatic heterocycles. The summed E-state index contributed by atoms with van der Waals surface area (Å²) in [6.07, 6.45) is 2.05. The van der Waals surface area contributed by atoms with Crippen molar-refractivity contribution in [2.24, 2.45) is 16.8 Å². The smallest absolute Gasteiger partial charge is 0.170 e. The second-order valence-electron chi connectivity index (χ2n) is 5.10. The van der Waals surface area contributed by atoms with Crippen LogP contribution in [0.4, 0.5) is 5.69 Å². The van der Waals surface area contributed by atoms with E-state index in [-0.39, 0.29) is 12.4 Å². The first-order valence-corrected chi connectivity index (χ1v) is 6.60. The van der Waals surface area contributed by atoms with Gasteiger partial charge in [0.05, 0.1) is 0 Å². The van der Waals surface area contributed by atoms with E-state index in [1.807, 2.05) is 19.1 Å². The fourth-order valence-electron chi connectivity index (χ4n) is 2.56. The summed E-state index contributed by atoms with van der Waals surface area (Å²) in [6, 6.07) is 5.95. The van der Waals surface area contributed by atoms with E-state index in [2.05, 4.69) is 16.1 Å². The van der Waals surface area contributed by atoms with E-state index in [4.69, 9.17) is 16.0 Å². The Bertz CT molecular complexity index is 466. The van der Waals surface area contributed by atoms with Crippen LogP contribution >= 0.6 is 0 Å². The van der Waals surface area contributed by atoms with Gasteiger partial charge in [0, 0.05) is 30.9 Å². The third-order valence-electron chi connectivity index (χ3n) is 3.83. The van der Waals surface area contributed by atoms with Crippen LogP contribution in [0.15, 0.2) is 23.4 Å². The lowest BCUT2D eigenvalue weighted by Crippen LogP contribution is -2.34. The average molecular weight is 263 g/mol. The molecular weight excluding hydrogens is 242 g/mol. The highest BCUT2D eigenvalue weighted by Gasteiger charge is 2.19. The summed E-state index contributed by atoms with van der Waals surface area (Å²) in [5.41, 5.74) is 8.53. The quantitative estimate of drug-likeness (QED) is 0.332. The summed E-state index contributed by atoms with van der Waals surface area (Å²) in [4.78, 5) is 2.31. The van der Waals surface area contributed by atoms with Gasteiger partial charge in [0.2, 0.25) is 0 Å². The number of anilines is 1. The van der Waals surface area contributed by atoms with Gasteiger partial charge in [0.15, 0.2) is 5.84 Å².